The molecule has 0 N–H and O–H groups in total. The van der Waals surface area contributed by atoms with Crippen LogP contribution in [0.3, 0.4) is 0 Å². The Morgan fingerprint density at radius 3 is 0.700 bits per heavy atom. The number of hydrogen-bond acceptors (Lipinski definition) is 6. The number of hydrogen-bond donors (Lipinski definition) is 0. The number of fused-ring (bicyclic) bond motifs is 6. The number of thioether (sulfide) groups is 6. The Balaban J connectivity index is 1.96. The molecule has 0 aliphatic heterocycles. The standard InChI is InChI=1S/C54H82S6/c1-8-13-18-23-30-55-49-36-43-44-37-50(56-31-24-19-14-9-2)52(58-33-26-21-16-11-4)39-46(44)48-41-54(60-35-28-29-42(6)7)53(59-34-27-22-17-12-5)40-47(48)45(43)38-51(49)57-32-25-20-15-10-3/h36-41H,6,8-35H2,1-5,7H3. The summed E-state index contributed by atoms with van der Waals surface area (Å²) < 4.78 is 0. The zero-order valence-electron chi connectivity index (χ0n) is 38.9. The largest absolute Gasteiger partial charge is 0.125 e. The van der Waals surface area contributed by atoms with E-state index in [1.807, 2.05) is 0 Å². The number of rotatable bonds is 35. The van der Waals surface area contributed by atoms with E-state index in [4.69, 9.17) is 0 Å². The summed E-state index contributed by atoms with van der Waals surface area (Å²) in [7, 11) is 0. The summed E-state index contributed by atoms with van der Waals surface area (Å²) in [5.41, 5.74) is 1.30. The average molecular weight is 924 g/mol. The Bertz CT molecular complexity index is 1780. The maximum absolute atomic E-state index is 4.22. The second kappa shape index (κ2) is 31.4. The van der Waals surface area contributed by atoms with Crippen LogP contribution in [0.25, 0.3) is 32.3 Å². The number of benzene rings is 4. The molecule has 0 fully saturated rings. The Kier molecular flexibility index (Phi) is 27.3. The van der Waals surface area contributed by atoms with Crippen LogP contribution < -0.4 is 0 Å². The fourth-order valence-electron chi connectivity index (χ4n) is 7.80. The number of unbranched alkanes of at least 4 members (excludes halogenated alkanes) is 15. The molecule has 0 aliphatic rings. The molecule has 6 heteroatoms. The van der Waals surface area contributed by atoms with E-state index >= 15 is 0 Å². The van der Waals surface area contributed by atoms with Crippen molar-refractivity contribution in [2.45, 2.75) is 212 Å². The highest BCUT2D eigenvalue weighted by atomic mass is 32.2. The van der Waals surface area contributed by atoms with E-state index in [1.165, 1.54) is 231 Å². The molecule has 0 unspecified atom stereocenters. The summed E-state index contributed by atoms with van der Waals surface area (Å²) >= 11 is 12.7. The molecule has 0 bridgehead atoms. The van der Waals surface area contributed by atoms with Gasteiger partial charge in [0.05, 0.1) is 0 Å². The lowest BCUT2D eigenvalue weighted by atomic mass is 9.94. The minimum absolute atomic E-state index is 1.11. The summed E-state index contributed by atoms with van der Waals surface area (Å²) in [5.74, 6) is 7.18. The van der Waals surface area contributed by atoms with Gasteiger partial charge < -0.3 is 0 Å². The average Bonchev–Trinajstić information content (AvgIpc) is 3.25. The minimum Gasteiger partial charge on any atom is -0.125 e. The molecule has 0 radical (unpaired) electrons. The molecule has 4 aromatic carbocycles. The molecule has 334 valence electrons. The lowest BCUT2D eigenvalue weighted by Gasteiger charge is -2.20. The summed E-state index contributed by atoms with van der Waals surface area (Å²) in [6, 6.07) is 15.9. The highest BCUT2D eigenvalue weighted by Crippen LogP contribution is 2.47. The molecule has 0 spiro atoms. The van der Waals surface area contributed by atoms with Crippen LogP contribution in [-0.2, 0) is 0 Å². The quantitative estimate of drug-likeness (QED) is 0.0194. The van der Waals surface area contributed by atoms with Crippen LogP contribution in [0.5, 0.6) is 0 Å². The van der Waals surface area contributed by atoms with Gasteiger partial charge in [0.25, 0.3) is 0 Å². The van der Waals surface area contributed by atoms with Crippen molar-refractivity contribution in [3.8, 4) is 0 Å². The summed E-state index contributed by atoms with van der Waals surface area (Å²) in [5, 5.41) is 8.79. The van der Waals surface area contributed by atoms with Gasteiger partial charge in [0, 0.05) is 29.4 Å². The Morgan fingerprint density at radius 2 is 0.517 bits per heavy atom. The van der Waals surface area contributed by atoms with Crippen molar-refractivity contribution in [1.82, 2.24) is 0 Å². The molecule has 4 aromatic rings. The van der Waals surface area contributed by atoms with E-state index in [-0.39, 0.29) is 0 Å². The zero-order valence-corrected chi connectivity index (χ0v) is 43.8. The molecule has 0 heterocycles. The molecule has 0 atom stereocenters. The Morgan fingerprint density at radius 1 is 0.317 bits per heavy atom. The van der Waals surface area contributed by atoms with Crippen LogP contribution in [0.2, 0.25) is 0 Å². The van der Waals surface area contributed by atoms with Crippen molar-refractivity contribution >= 4 is 103 Å². The molecular formula is C54H82S6. The lowest BCUT2D eigenvalue weighted by Crippen LogP contribution is -1.94. The van der Waals surface area contributed by atoms with Crippen molar-refractivity contribution in [3.05, 3.63) is 48.6 Å². The van der Waals surface area contributed by atoms with E-state index < -0.39 is 0 Å². The van der Waals surface area contributed by atoms with Crippen molar-refractivity contribution in [2.75, 3.05) is 34.5 Å². The van der Waals surface area contributed by atoms with Crippen LogP contribution in [0.1, 0.15) is 183 Å². The number of allylic oxidation sites excluding steroid dienone is 1. The first-order valence-corrected chi connectivity index (χ1v) is 30.3. The van der Waals surface area contributed by atoms with Crippen molar-refractivity contribution in [3.63, 3.8) is 0 Å². The van der Waals surface area contributed by atoms with Gasteiger partial charge >= 0.3 is 0 Å². The van der Waals surface area contributed by atoms with Crippen LogP contribution in [-0.4, -0.2) is 34.5 Å². The van der Waals surface area contributed by atoms with Crippen molar-refractivity contribution < 1.29 is 0 Å². The predicted octanol–water partition coefficient (Wildman–Crippen LogP) is 21.0. The SMILES string of the molecule is C=C(C)CCCSc1cc2c3cc(SCCCCCC)c(SCCCCCC)cc3c3cc(SCCCCCC)c(SCCCCCC)cc3c2cc1SCCCCCC. The van der Waals surface area contributed by atoms with Gasteiger partial charge in [-0.05, 0) is 155 Å². The van der Waals surface area contributed by atoms with Gasteiger partial charge in [0.2, 0.25) is 0 Å². The fraction of sp³-hybridized carbons (Fsp3) is 0.630. The van der Waals surface area contributed by atoms with Gasteiger partial charge in [-0.25, -0.2) is 0 Å². The molecule has 4 rings (SSSR count). The second-order valence-electron chi connectivity index (χ2n) is 17.0. The molecule has 0 aromatic heterocycles. The molecule has 0 saturated carbocycles. The molecule has 60 heavy (non-hydrogen) atoms. The first kappa shape index (κ1) is 52.1. The summed E-state index contributed by atoms with van der Waals surface area (Å²) in [6.45, 7) is 18.0. The normalized spacial score (nSPS) is 11.8. The van der Waals surface area contributed by atoms with Gasteiger partial charge in [-0.15, -0.1) is 77.2 Å². The topological polar surface area (TPSA) is 0 Å². The van der Waals surface area contributed by atoms with E-state index in [2.05, 4.69) is 155 Å². The first-order valence-electron chi connectivity index (χ1n) is 24.4. The highest BCUT2D eigenvalue weighted by molar-refractivity contribution is 8.03. The summed E-state index contributed by atoms with van der Waals surface area (Å²) in [6.07, 6.45) is 28.7. The monoisotopic (exact) mass is 922 g/mol. The maximum Gasteiger partial charge on any atom is 0.0215 e. The van der Waals surface area contributed by atoms with E-state index in [0.717, 1.165) is 12.2 Å². The zero-order chi connectivity index (χ0) is 42.8. The molecule has 0 nitrogen and oxygen atoms in total. The van der Waals surface area contributed by atoms with Gasteiger partial charge in [-0.1, -0.05) is 137 Å². The van der Waals surface area contributed by atoms with Gasteiger partial charge in [0.15, 0.2) is 0 Å². The highest BCUT2D eigenvalue weighted by Gasteiger charge is 2.19. The third kappa shape index (κ3) is 17.8. The van der Waals surface area contributed by atoms with Crippen molar-refractivity contribution in [2.24, 2.45) is 0 Å². The van der Waals surface area contributed by atoms with Gasteiger partial charge in [-0.3, -0.25) is 0 Å². The van der Waals surface area contributed by atoms with Crippen LogP contribution in [0, 0.1) is 0 Å². The van der Waals surface area contributed by atoms with Crippen LogP contribution in [0.15, 0.2) is 77.9 Å². The Labute approximate surface area is 395 Å². The predicted molar refractivity (Wildman–Crippen MR) is 288 cm³/mol. The Hall–Kier alpha value is -0.500. The first-order chi connectivity index (χ1) is 29.4. The molecule has 0 saturated heterocycles. The molecular weight excluding hydrogens is 841 g/mol. The van der Waals surface area contributed by atoms with E-state index in [9.17, 15) is 0 Å². The van der Waals surface area contributed by atoms with Gasteiger partial charge in [0.1, 0.15) is 0 Å². The third-order valence-electron chi connectivity index (χ3n) is 11.4. The molecule has 0 aliphatic carbocycles. The van der Waals surface area contributed by atoms with Crippen LogP contribution >= 0.6 is 70.6 Å². The minimum atomic E-state index is 1.11. The lowest BCUT2D eigenvalue weighted by molar-refractivity contribution is 0.706. The van der Waals surface area contributed by atoms with Crippen molar-refractivity contribution in [1.29, 1.82) is 0 Å². The fourth-order valence-corrected chi connectivity index (χ4v) is 14.6. The third-order valence-corrected chi connectivity index (χ3v) is 18.6. The van der Waals surface area contributed by atoms with Crippen LogP contribution in [0.4, 0.5) is 0 Å². The molecule has 0 amide bonds. The van der Waals surface area contributed by atoms with E-state index in [0.29, 0.717) is 0 Å². The second-order valence-corrected chi connectivity index (χ2v) is 23.8. The smallest absolute Gasteiger partial charge is 0.0215 e. The maximum atomic E-state index is 4.22. The summed E-state index contributed by atoms with van der Waals surface area (Å²) in [4.78, 5) is 9.02. The van der Waals surface area contributed by atoms with Gasteiger partial charge in [-0.2, -0.15) is 0 Å². The van der Waals surface area contributed by atoms with E-state index in [1.54, 1.807) is 0 Å².